The molecule has 1 amide bonds. The van der Waals surface area contributed by atoms with Crippen LogP contribution in [0.15, 0.2) is 70.9 Å². The second-order valence-electron chi connectivity index (χ2n) is 6.67. The number of carbonyl (C=O) groups excluding carboxylic acids is 1. The van der Waals surface area contributed by atoms with Crippen molar-refractivity contribution < 1.29 is 28.3 Å². The zero-order valence-electron chi connectivity index (χ0n) is 16.6. The first kappa shape index (κ1) is 22.8. The number of nitrogens with zero attached hydrogens (tertiary/aromatic N) is 1. The quantitative estimate of drug-likeness (QED) is 0.333. The van der Waals surface area contributed by atoms with Crippen LogP contribution in [-0.2, 0) is 27.8 Å². The van der Waals surface area contributed by atoms with Gasteiger partial charge in [0, 0.05) is 17.8 Å². The van der Waals surface area contributed by atoms with E-state index in [4.69, 9.17) is 4.74 Å². The van der Waals surface area contributed by atoms with Crippen LogP contribution in [0.4, 0.5) is 0 Å². The molecular weight excluding hydrogens is 440 g/mol. The zero-order valence-corrected chi connectivity index (χ0v) is 18.3. The molecule has 10 heteroatoms. The van der Waals surface area contributed by atoms with E-state index in [0.29, 0.717) is 11.3 Å². The Morgan fingerprint density at radius 1 is 1.16 bits per heavy atom. The Labute approximate surface area is 184 Å². The number of rotatable bonds is 9. The highest BCUT2D eigenvalue weighted by Crippen LogP contribution is 2.26. The lowest BCUT2D eigenvalue weighted by Crippen LogP contribution is -2.49. The molecule has 0 bridgehead atoms. The number of aromatic hydroxyl groups is 1. The van der Waals surface area contributed by atoms with Crippen LogP contribution in [0.3, 0.4) is 0 Å². The first-order valence-electron chi connectivity index (χ1n) is 9.25. The van der Waals surface area contributed by atoms with Gasteiger partial charge in [0.05, 0.1) is 12.0 Å². The molecule has 8 nitrogen and oxygen atoms in total. The van der Waals surface area contributed by atoms with Gasteiger partial charge < -0.3 is 9.84 Å². The molecule has 0 saturated heterocycles. The van der Waals surface area contributed by atoms with Gasteiger partial charge in [0.25, 0.3) is 5.91 Å². The van der Waals surface area contributed by atoms with Gasteiger partial charge in [-0.05, 0) is 53.4 Å². The predicted octanol–water partition coefficient (Wildman–Crippen LogP) is 2.77. The fourth-order valence-electron chi connectivity index (χ4n) is 3.09. The van der Waals surface area contributed by atoms with Crippen LogP contribution in [0.2, 0.25) is 0 Å². The van der Waals surface area contributed by atoms with Crippen molar-refractivity contribution in [2.24, 2.45) is 0 Å². The minimum atomic E-state index is -4.18. The second-order valence-corrected chi connectivity index (χ2v) is 9.59. The maximum Gasteiger partial charge on any atom is 0.262 e. The number of benzene rings is 2. The minimum Gasteiger partial charge on any atom is -0.508 e. The maximum atomic E-state index is 13.5. The number of phenols is 1. The Morgan fingerprint density at radius 2 is 1.90 bits per heavy atom. The third-order valence-electron chi connectivity index (χ3n) is 4.65. The molecule has 0 unspecified atom stereocenters. The van der Waals surface area contributed by atoms with Gasteiger partial charge in [0.15, 0.2) is 0 Å². The number of hydrogen-bond donors (Lipinski definition) is 3. The largest absolute Gasteiger partial charge is 0.508 e. The van der Waals surface area contributed by atoms with Crippen LogP contribution >= 0.6 is 11.3 Å². The number of amides is 1. The number of nitrogens with one attached hydrogen (secondary N) is 1. The molecule has 1 aromatic heterocycles. The molecular formula is C21H22N2O6S2. The van der Waals surface area contributed by atoms with E-state index in [9.17, 15) is 23.5 Å². The van der Waals surface area contributed by atoms with Crippen LogP contribution in [0.5, 0.6) is 11.5 Å². The fraction of sp³-hybridized carbons (Fsp3) is 0.190. The average Bonchev–Trinajstić information content (AvgIpc) is 3.29. The number of sulfonamides is 1. The van der Waals surface area contributed by atoms with Crippen molar-refractivity contribution in [3.63, 3.8) is 0 Å². The maximum absolute atomic E-state index is 13.5. The second kappa shape index (κ2) is 9.92. The first-order chi connectivity index (χ1) is 14.8. The molecule has 31 heavy (non-hydrogen) atoms. The number of hydroxylamine groups is 1. The monoisotopic (exact) mass is 462 g/mol. The lowest BCUT2D eigenvalue weighted by Gasteiger charge is -2.29. The molecule has 164 valence electrons. The molecule has 0 spiro atoms. The van der Waals surface area contributed by atoms with Crippen LogP contribution in [0.25, 0.3) is 0 Å². The van der Waals surface area contributed by atoms with Crippen LogP contribution in [0, 0.1) is 0 Å². The zero-order chi connectivity index (χ0) is 22.4. The van der Waals surface area contributed by atoms with Crippen LogP contribution in [0.1, 0.15) is 10.4 Å². The first-order valence-corrected chi connectivity index (χ1v) is 11.6. The summed E-state index contributed by atoms with van der Waals surface area (Å²) >= 11 is 1.38. The van der Waals surface area contributed by atoms with Crippen molar-refractivity contribution in [1.29, 1.82) is 0 Å². The summed E-state index contributed by atoms with van der Waals surface area (Å²) in [5.74, 6) is -0.388. The molecule has 1 atom stereocenters. The summed E-state index contributed by atoms with van der Waals surface area (Å²) in [6, 6.07) is 14.3. The Morgan fingerprint density at radius 3 is 2.52 bits per heavy atom. The third kappa shape index (κ3) is 5.42. The van der Waals surface area contributed by atoms with Crippen molar-refractivity contribution in [3.05, 3.63) is 76.5 Å². The third-order valence-corrected chi connectivity index (χ3v) is 7.42. The number of ether oxygens (including phenoxy) is 1. The van der Waals surface area contributed by atoms with Crippen LogP contribution < -0.4 is 10.2 Å². The lowest BCUT2D eigenvalue weighted by molar-refractivity contribution is -0.133. The number of methoxy groups -OCH3 is 1. The van der Waals surface area contributed by atoms with E-state index in [-0.39, 0.29) is 23.6 Å². The molecule has 1 heterocycles. The molecule has 0 saturated carbocycles. The summed E-state index contributed by atoms with van der Waals surface area (Å²) in [6.45, 7) is -0.135. The number of hydrogen-bond acceptors (Lipinski definition) is 7. The van der Waals surface area contributed by atoms with E-state index in [1.807, 2.05) is 5.38 Å². The lowest BCUT2D eigenvalue weighted by atomic mass is 10.1. The van der Waals surface area contributed by atoms with Crippen molar-refractivity contribution >= 4 is 27.3 Å². The highest BCUT2D eigenvalue weighted by atomic mass is 32.2. The summed E-state index contributed by atoms with van der Waals surface area (Å²) in [5, 5.41) is 20.7. The van der Waals surface area contributed by atoms with Gasteiger partial charge in [-0.1, -0.05) is 18.2 Å². The van der Waals surface area contributed by atoms with E-state index < -0.39 is 22.0 Å². The van der Waals surface area contributed by atoms with Crippen molar-refractivity contribution in [2.75, 3.05) is 7.11 Å². The Bertz CT molecular complexity index is 1120. The van der Waals surface area contributed by atoms with Crippen molar-refractivity contribution in [1.82, 2.24) is 9.79 Å². The van der Waals surface area contributed by atoms with Gasteiger partial charge in [-0.3, -0.25) is 10.0 Å². The summed E-state index contributed by atoms with van der Waals surface area (Å²) < 4.78 is 33.4. The minimum absolute atomic E-state index is 0.0747. The molecule has 3 aromatic rings. The SMILES string of the molecule is COc1cccc(CN([C@H](Cc2cccs2)C(=O)NO)S(=O)(=O)c2ccc(O)cc2)c1. The standard InChI is InChI=1S/C21H22N2O6S2/c1-29-17-5-2-4-15(12-17)14-23(31(27,28)19-9-7-16(24)8-10-19)20(21(25)22-26)13-18-6-3-11-30-18/h2-12,20,24,26H,13-14H2,1H3,(H,22,25)/t20-/m1/s1. The molecule has 3 rings (SSSR count). The molecule has 0 aliphatic heterocycles. The Kier molecular flexibility index (Phi) is 7.29. The van der Waals surface area contributed by atoms with Gasteiger partial charge in [0.2, 0.25) is 10.0 Å². The molecule has 0 fully saturated rings. The summed E-state index contributed by atoms with van der Waals surface area (Å²) in [6.07, 6.45) is 0.0747. The smallest absolute Gasteiger partial charge is 0.262 e. The predicted molar refractivity (Wildman–Crippen MR) is 116 cm³/mol. The van der Waals surface area contributed by atoms with Crippen molar-refractivity contribution in [2.45, 2.75) is 23.9 Å². The number of phenolic OH excluding ortho intramolecular Hbond substituents is 1. The van der Waals surface area contributed by atoms with Crippen molar-refractivity contribution in [3.8, 4) is 11.5 Å². The molecule has 0 aliphatic rings. The highest BCUT2D eigenvalue weighted by molar-refractivity contribution is 7.89. The molecule has 0 radical (unpaired) electrons. The topological polar surface area (TPSA) is 116 Å². The average molecular weight is 463 g/mol. The Balaban J connectivity index is 2.08. The Hall–Kier alpha value is -2.92. The van der Waals surface area contributed by atoms with Gasteiger partial charge in [-0.15, -0.1) is 11.3 Å². The van der Waals surface area contributed by atoms with Gasteiger partial charge in [-0.25, -0.2) is 13.9 Å². The summed E-state index contributed by atoms with van der Waals surface area (Å²) in [5.41, 5.74) is 2.19. The highest BCUT2D eigenvalue weighted by Gasteiger charge is 2.36. The van der Waals surface area contributed by atoms with Gasteiger partial charge in [0.1, 0.15) is 17.5 Å². The normalized spacial score (nSPS) is 12.5. The molecule has 3 N–H and O–H groups in total. The summed E-state index contributed by atoms with van der Waals surface area (Å²) in [7, 11) is -2.68. The number of thiophene rings is 1. The summed E-state index contributed by atoms with van der Waals surface area (Å²) in [4.78, 5) is 13.3. The fourth-order valence-corrected chi connectivity index (χ4v) is 5.40. The molecule has 0 aliphatic carbocycles. The van der Waals surface area contributed by atoms with Gasteiger partial charge in [-0.2, -0.15) is 4.31 Å². The molecule has 2 aromatic carbocycles. The number of carbonyl (C=O) groups is 1. The van der Waals surface area contributed by atoms with Crippen LogP contribution in [-0.4, -0.2) is 42.1 Å². The van der Waals surface area contributed by atoms with Gasteiger partial charge >= 0.3 is 0 Å². The van der Waals surface area contributed by atoms with E-state index in [2.05, 4.69) is 0 Å². The van der Waals surface area contributed by atoms with E-state index in [1.54, 1.807) is 41.9 Å². The van der Waals surface area contributed by atoms with E-state index in [0.717, 1.165) is 9.18 Å². The van der Waals surface area contributed by atoms with E-state index >= 15 is 0 Å². The van der Waals surface area contributed by atoms with E-state index in [1.165, 1.54) is 42.7 Å².